The summed E-state index contributed by atoms with van der Waals surface area (Å²) in [6.45, 7) is 1.44. The van der Waals surface area contributed by atoms with E-state index in [2.05, 4.69) is 0 Å². The number of hydrogen-bond donors (Lipinski definition) is 0. The Bertz CT molecular complexity index is 419. The average molecular weight is 310 g/mol. The van der Waals surface area contributed by atoms with E-state index in [0.29, 0.717) is 5.56 Å². The lowest BCUT2D eigenvalue weighted by molar-refractivity contribution is 0.101. The molecule has 0 bridgehead atoms. The zero-order valence-corrected chi connectivity index (χ0v) is 9.79. The minimum absolute atomic E-state index is 0.0718. The van der Waals surface area contributed by atoms with E-state index in [1.54, 1.807) is 0 Å². The lowest BCUT2D eigenvalue weighted by atomic mass is 10.2. The molecule has 0 radical (unpaired) electrons. The Morgan fingerprint density at radius 2 is 1.69 bits per heavy atom. The van der Waals surface area contributed by atoms with Crippen molar-refractivity contribution in [2.24, 2.45) is 0 Å². The van der Waals surface area contributed by atoms with Gasteiger partial charge in [0.25, 0.3) is 0 Å². The molecule has 1 aromatic rings. The molecule has 70 valence electrons. The number of hydrogen-bond acceptors (Lipinski definition) is 3. The molecule has 0 aliphatic heterocycles. The summed E-state index contributed by atoms with van der Waals surface area (Å²) >= 11 is 1.36. The summed E-state index contributed by atoms with van der Waals surface area (Å²) in [5, 5.41) is 0. The highest BCUT2D eigenvalue weighted by molar-refractivity contribution is 14.2. The van der Waals surface area contributed by atoms with E-state index in [-0.39, 0.29) is 10.7 Å². The van der Waals surface area contributed by atoms with Crippen LogP contribution in [0.5, 0.6) is 0 Å². The van der Waals surface area contributed by atoms with E-state index in [1.807, 2.05) is 0 Å². The second-order valence-electron chi connectivity index (χ2n) is 2.52. The number of ketones is 1. The molecular weight excluding hydrogens is 303 g/mol. The average Bonchev–Trinajstić information content (AvgIpc) is 2.03. The first kappa shape index (κ1) is 10.6. The molecule has 0 unspecified atom stereocenters. The molecule has 0 aromatic heterocycles. The minimum Gasteiger partial charge on any atom is -0.295 e. The van der Waals surface area contributed by atoms with Gasteiger partial charge in [-0.2, -0.15) is 0 Å². The highest BCUT2D eigenvalue weighted by atomic mass is 127. The molecule has 0 aliphatic rings. The van der Waals surface area contributed by atoms with Gasteiger partial charge in [0, 0.05) is 5.56 Å². The summed E-state index contributed by atoms with van der Waals surface area (Å²) in [6, 6.07) is 5.87. The number of rotatable bonds is 2. The van der Waals surface area contributed by atoms with Crippen LogP contribution in [0.4, 0.5) is 0 Å². The molecule has 0 saturated heterocycles. The predicted octanol–water partition coefficient (Wildman–Crippen LogP) is 2.01. The molecule has 0 N–H and O–H groups in total. The largest absolute Gasteiger partial charge is 0.295 e. The van der Waals surface area contributed by atoms with Gasteiger partial charge in [-0.05, 0) is 19.1 Å². The van der Waals surface area contributed by atoms with Crippen LogP contribution in [0.3, 0.4) is 0 Å². The summed E-state index contributed by atoms with van der Waals surface area (Å²) in [5.74, 6) is -0.0718. The molecule has 0 atom stereocenters. The van der Waals surface area contributed by atoms with Gasteiger partial charge in [-0.15, -0.1) is 0 Å². The summed E-state index contributed by atoms with van der Waals surface area (Å²) in [4.78, 5) is 11.1. The van der Waals surface area contributed by atoms with Crippen LogP contribution in [0.1, 0.15) is 17.3 Å². The van der Waals surface area contributed by atoms with Gasteiger partial charge in [-0.3, -0.25) is 4.79 Å². The maximum Gasteiger partial charge on any atom is 0.231 e. The van der Waals surface area contributed by atoms with Gasteiger partial charge in [-0.25, -0.2) is 8.42 Å². The Balaban J connectivity index is 3.16. The van der Waals surface area contributed by atoms with E-state index in [0.717, 1.165) is 0 Å². The Kier molecular flexibility index (Phi) is 3.07. The zero-order chi connectivity index (χ0) is 10.1. The van der Waals surface area contributed by atoms with Crippen LogP contribution in [0.2, 0.25) is 0 Å². The number of carbonyl (C=O) groups excluding carboxylic acids is 1. The van der Waals surface area contributed by atoms with Gasteiger partial charge in [0.15, 0.2) is 5.78 Å². The fraction of sp³-hybridized carbons (Fsp3) is 0.125. The summed E-state index contributed by atoms with van der Waals surface area (Å²) in [7, 11) is -3.19. The van der Waals surface area contributed by atoms with Crippen LogP contribution in [0.15, 0.2) is 29.2 Å². The molecule has 1 rings (SSSR count). The van der Waals surface area contributed by atoms with E-state index < -0.39 is 7.01 Å². The smallest absolute Gasteiger partial charge is 0.231 e. The van der Waals surface area contributed by atoms with Crippen molar-refractivity contribution in [2.75, 3.05) is 0 Å². The first-order valence-corrected chi connectivity index (χ1v) is 7.49. The van der Waals surface area contributed by atoms with Gasteiger partial charge in [-0.1, -0.05) is 12.1 Å². The molecule has 0 fully saturated rings. The van der Waals surface area contributed by atoms with Gasteiger partial charge in [0.1, 0.15) is 0 Å². The van der Waals surface area contributed by atoms with E-state index in [9.17, 15) is 13.2 Å². The van der Waals surface area contributed by atoms with E-state index in [1.165, 1.54) is 52.4 Å². The fourth-order valence-corrected chi connectivity index (χ4v) is 2.19. The predicted molar refractivity (Wildman–Crippen MR) is 57.7 cm³/mol. The lowest BCUT2D eigenvalue weighted by Gasteiger charge is -1.97. The number of benzene rings is 1. The molecule has 0 amide bonds. The standard InChI is InChI=1S/C8H7IO3S/c1-6(10)7-2-4-8(5-3-7)13(9,11)12/h2-5H,1H3. The van der Waals surface area contributed by atoms with Crippen LogP contribution >= 0.6 is 21.2 Å². The quantitative estimate of drug-likeness (QED) is 0.477. The molecule has 5 heteroatoms. The van der Waals surface area contributed by atoms with Gasteiger partial charge in [0.05, 0.1) is 26.1 Å². The summed E-state index contributed by atoms with van der Waals surface area (Å²) in [6.07, 6.45) is 0. The summed E-state index contributed by atoms with van der Waals surface area (Å²) in [5.41, 5.74) is 0.517. The third kappa shape index (κ3) is 2.77. The third-order valence-corrected chi connectivity index (χ3v) is 3.90. The van der Waals surface area contributed by atoms with Crippen molar-refractivity contribution in [3.05, 3.63) is 29.8 Å². The van der Waals surface area contributed by atoms with Crippen LogP contribution in [0.25, 0.3) is 0 Å². The second kappa shape index (κ2) is 3.75. The normalized spacial score (nSPS) is 11.2. The van der Waals surface area contributed by atoms with Crippen molar-refractivity contribution in [1.29, 1.82) is 0 Å². The van der Waals surface area contributed by atoms with Gasteiger partial charge >= 0.3 is 0 Å². The lowest BCUT2D eigenvalue weighted by Crippen LogP contribution is -1.94. The van der Waals surface area contributed by atoms with E-state index in [4.69, 9.17) is 0 Å². The third-order valence-electron chi connectivity index (χ3n) is 1.54. The van der Waals surface area contributed by atoms with Gasteiger partial charge in [0.2, 0.25) is 7.01 Å². The van der Waals surface area contributed by atoms with Gasteiger partial charge < -0.3 is 0 Å². The topological polar surface area (TPSA) is 51.2 Å². The van der Waals surface area contributed by atoms with Crippen molar-refractivity contribution in [3.8, 4) is 0 Å². The highest BCUT2D eigenvalue weighted by Crippen LogP contribution is 2.17. The minimum atomic E-state index is -3.19. The van der Waals surface area contributed by atoms with E-state index >= 15 is 0 Å². The second-order valence-corrected chi connectivity index (χ2v) is 7.34. The molecule has 0 heterocycles. The molecule has 0 spiro atoms. The highest BCUT2D eigenvalue weighted by Gasteiger charge is 2.08. The first-order valence-electron chi connectivity index (χ1n) is 3.47. The van der Waals surface area contributed by atoms with Crippen molar-refractivity contribution in [2.45, 2.75) is 11.8 Å². The monoisotopic (exact) mass is 310 g/mol. The Labute approximate surface area is 88.7 Å². The molecule has 1 aromatic carbocycles. The Morgan fingerprint density at radius 1 is 1.23 bits per heavy atom. The first-order chi connectivity index (χ1) is 5.91. The molecule has 0 saturated carbocycles. The summed E-state index contributed by atoms with van der Waals surface area (Å²) < 4.78 is 22.0. The number of halogens is 1. The van der Waals surface area contributed by atoms with Crippen molar-refractivity contribution < 1.29 is 13.2 Å². The number of Topliss-reactive ketones (excluding diaryl/α,β-unsaturated/α-hetero) is 1. The Morgan fingerprint density at radius 3 is 2.00 bits per heavy atom. The van der Waals surface area contributed by atoms with Crippen LogP contribution in [0, 0.1) is 0 Å². The van der Waals surface area contributed by atoms with Crippen LogP contribution in [-0.4, -0.2) is 14.2 Å². The van der Waals surface area contributed by atoms with Crippen molar-refractivity contribution >= 4 is 34.0 Å². The zero-order valence-electron chi connectivity index (χ0n) is 6.82. The SMILES string of the molecule is CC(=O)c1ccc(S(=O)(=O)I)cc1. The van der Waals surface area contributed by atoms with Crippen LogP contribution in [-0.2, 0) is 7.01 Å². The maximum absolute atomic E-state index is 11.0. The molecule has 3 nitrogen and oxygen atoms in total. The number of carbonyl (C=O) groups is 1. The molecule has 13 heavy (non-hydrogen) atoms. The Hall–Kier alpha value is -0.430. The fourth-order valence-electron chi connectivity index (χ4n) is 0.852. The van der Waals surface area contributed by atoms with Crippen LogP contribution < -0.4 is 0 Å². The maximum atomic E-state index is 11.0. The molecular formula is C8H7IO3S. The van der Waals surface area contributed by atoms with Crippen molar-refractivity contribution in [3.63, 3.8) is 0 Å². The molecule has 0 aliphatic carbocycles. The van der Waals surface area contributed by atoms with Crippen molar-refractivity contribution in [1.82, 2.24) is 0 Å².